The lowest BCUT2D eigenvalue weighted by Crippen LogP contribution is -2.52. The summed E-state index contributed by atoms with van der Waals surface area (Å²) in [5.41, 5.74) is 0.834. The number of carbonyl (C=O) groups excluding carboxylic acids is 2. The number of carboxylic acids is 1. The summed E-state index contributed by atoms with van der Waals surface area (Å²) >= 11 is 0. The van der Waals surface area contributed by atoms with Gasteiger partial charge in [0.15, 0.2) is 0 Å². The van der Waals surface area contributed by atoms with Crippen molar-refractivity contribution in [3.63, 3.8) is 0 Å². The van der Waals surface area contributed by atoms with Crippen LogP contribution >= 0.6 is 0 Å². The first-order valence-electron chi connectivity index (χ1n) is 9.19. The quantitative estimate of drug-likeness (QED) is 0.581. The van der Waals surface area contributed by atoms with Gasteiger partial charge >= 0.3 is 12.1 Å². The van der Waals surface area contributed by atoms with Gasteiger partial charge in [0.25, 0.3) is 0 Å². The Morgan fingerprint density at radius 3 is 2.00 bits per heavy atom. The van der Waals surface area contributed by atoms with Crippen molar-refractivity contribution in [3.05, 3.63) is 35.9 Å². The first kappa shape index (κ1) is 22.5. The van der Waals surface area contributed by atoms with Gasteiger partial charge in [0, 0.05) is 0 Å². The van der Waals surface area contributed by atoms with Crippen LogP contribution in [-0.2, 0) is 20.9 Å². The third-order valence-corrected chi connectivity index (χ3v) is 3.85. The maximum absolute atomic E-state index is 12.5. The van der Waals surface area contributed by atoms with Gasteiger partial charge in [-0.25, -0.2) is 9.59 Å². The molecular weight excluding hydrogens is 348 g/mol. The van der Waals surface area contributed by atoms with Crippen LogP contribution in [0.4, 0.5) is 4.79 Å². The lowest BCUT2D eigenvalue weighted by Gasteiger charge is -2.23. The number of rotatable bonds is 10. The Hall–Kier alpha value is -2.57. The molecule has 0 aromatic heterocycles. The molecule has 1 aromatic carbocycles. The highest BCUT2D eigenvalue weighted by Crippen LogP contribution is 2.09. The minimum Gasteiger partial charge on any atom is -0.480 e. The van der Waals surface area contributed by atoms with Crippen molar-refractivity contribution in [2.45, 2.75) is 59.2 Å². The number of hydrogen-bond donors (Lipinski definition) is 3. The molecule has 0 bridgehead atoms. The predicted octanol–water partition coefficient (Wildman–Crippen LogP) is 2.94. The van der Waals surface area contributed by atoms with E-state index in [-0.39, 0.29) is 18.4 Å². The van der Waals surface area contributed by atoms with Crippen LogP contribution in [-0.4, -0.2) is 35.2 Å². The number of nitrogens with one attached hydrogen (secondary N) is 2. The van der Waals surface area contributed by atoms with E-state index in [0.717, 1.165) is 5.56 Å². The largest absolute Gasteiger partial charge is 0.480 e. The molecule has 2 atom stereocenters. The van der Waals surface area contributed by atoms with E-state index in [1.54, 1.807) is 0 Å². The van der Waals surface area contributed by atoms with Gasteiger partial charge in [-0.15, -0.1) is 0 Å². The monoisotopic (exact) mass is 378 g/mol. The molecule has 3 N–H and O–H groups in total. The number of benzene rings is 1. The number of hydrogen-bond acceptors (Lipinski definition) is 4. The van der Waals surface area contributed by atoms with Crippen molar-refractivity contribution >= 4 is 18.0 Å². The third kappa shape index (κ3) is 9.08. The topological polar surface area (TPSA) is 105 Å². The van der Waals surface area contributed by atoms with Gasteiger partial charge in [-0.2, -0.15) is 0 Å². The van der Waals surface area contributed by atoms with E-state index < -0.39 is 30.1 Å². The number of ether oxygens (including phenoxy) is 1. The Labute approximate surface area is 160 Å². The Morgan fingerprint density at radius 2 is 1.48 bits per heavy atom. The van der Waals surface area contributed by atoms with E-state index in [9.17, 15) is 19.5 Å². The standard InChI is InChI=1S/C20H30N2O5/c1-13(2)10-16(18(23)21-17(19(24)25)11-14(3)4)22-20(26)27-12-15-8-6-5-7-9-15/h5-9,13-14,16-17H,10-12H2,1-4H3,(H,21,23)(H,22,26)(H,24,25)/t16-,17-/m1/s1. The Morgan fingerprint density at radius 1 is 0.926 bits per heavy atom. The average Bonchev–Trinajstić information content (AvgIpc) is 2.58. The van der Waals surface area contributed by atoms with Gasteiger partial charge in [0.05, 0.1) is 0 Å². The summed E-state index contributed by atoms with van der Waals surface area (Å²) in [6.45, 7) is 7.69. The minimum atomic E-state index is -1.09. The van der Waals surface area contributed by atoms with Gasteiger partial charge in [-0.05, 0) is 30.2 Å². The second-order valence-corrected chi connectivity index (χ2v) is 7.42. The molecule has 1 aromatic rings. The Kier molecular flexibility index (Phi) is 9.33. The van der Waals surface area contributed by atoms with Crippen molar-refractivity contribution in [3.8, 4) is 0 Å². The van der Waals surface area contributed by atoms with Gasteiger partial charge < -0.3 is 20.5 Å². The maximum atomic E-state index is 12.5. The molecular formula is C20H30N2O5. The first-order chi connectivity index (χ1) is 12.7. The van der Waals surface area contributed by atoms with Crippen molar-refractivity contribution < 1.29 is 24.2 Å². The Bertz CT molecular complexity index is 616. The highest BCUT2D eigenvalue weighted by molar-refractivity contribution is 5.89. The van der Waals surface area contributed by atoms with E-state index >= 15 is 0 Å². The van der Waals surface area contributed by atoms with Crippen LogP contribution in [0.2, 0.25) is 0 Å². The van der Waals surface area contributed by atoms with Crippen LogP contribution in [0.25, 0.3) is 0 Å². The van der Waals surface area contributed by atoms with Crippen LogP contribution in [0.1, 0.15) is 46.1 Å². The van der Waals surface area contributed by atoms with Crippen LogP contribution in [0.5, 0.6) is 0 Å². The molecule has 0 aliphatic carbocycles. The third-order valence-electron chi connectivity index (χ3n) is 3.85. The summed E-state index contributed by atoms with van der Waals surface area (Å²) in [4.78, 5) is 36.0. The zero-order valence-electron chi connectivity index (χ0n) is 16.4. The summed E-state index contributed by atoms with van der Waals surface area (Å²) in [5, 5.41) is 14.4. The summed E-state index contributed by atoms with van der Waals surface area (Å²) < 4.78 is 5.16. The molecule has 7 heteroatoms. The summed E-state index contributed by atoms with van der Waals surface area (Å²) in [6.07, 6.45) is -0.0239. The van der Waals surface area contributed by atoms with Gasteiger partial charge in [0.1, 0.15) is 18.7 Å². The maximum Gasteiger partial charge on any atom is 0.408 e. The zero-order chi connectivity index (χ0) is 20.4. The molecule has 0 saturated carbocycles. The molecule has 0 aliphatic rings. The molecule has 150 valence electrons. The normalized spacial score (nSPS) is 13.1. The van der Waals surface area contributed by atoms with E-state index in [0.29, 0.717) is 12.8 Å². The average molecular weight is 378 g/mol. The van der Waals surface area contributed by atoms with Crippen LogP contribution in [0.15, 0.2) is 30.3 Å². The molecule has 0 aliphatic heterocycles. The molecule has 0 radical (unpaired) electrons. The molecule has 7 nitrogen and oxygen atoms in total. The molecule has 0 saturated heterocycles. The molecule has 0 fully saturated rings. The van der Waals surface area contributed by atoms with Crippen molar-refractivity contribution in [1.82, 2.24) is 10.6 Å². The predicted molar refractivity (Wildman–Crippen MR) is 102 cm³/mol. The zero-order valence-corrected chi connectivity index (χ0v) is 16.4. The highest BCUT2D eigenvalue weighted by atomic mass is 16.5. The number of carboxylic acid groups (broad SMARTS) is 1. The van der Waals surface area contributed by atoms with E-state index in [2.05, 4.69) is 10.6 Å². The van der Waals surface area contributed by atoms with Crippen LogP contribution < -0.4 is 10.6 Å². The van der Waals surface area contributed by atoms with Crippen LogP contribution in [0.3, 0.4) is 0 Å². The molecule has 27 heavy (non-hydrogen) atoms. The molecule has 1 rings (SSSR count). The summed E-state index contributed by atoms with van der Waals surface area (Å²) in [5.74, 6) is -1.37. The highest BCUT2D eigenvalue weighted by Gasteiger charge is 2.28. The fourth-order valence-electron chi connectivity index (χ4n) is 2.58. The van der Waals surface area contributed by atoms with Crippen molar-refractivity contribution in [2.75, 3.05) is 0 Å². The number of aliphatic carboxylic acids is 1. The van der Waals surface area contributed by atoms with Gasteiger partial charge in [-0.3, -0.25) is 4.79 Å². The number of carbonyl (C=O) groups is 3. The summed E-state index contributed by atoms with van der Waals surface area (Å²) in [7, 11) is 0. The smallest absolute Gasteiger partial charge is 0.408 e. The van der Waals surface area contributed by atoms with E-state index in [1.807, 2.05) is 58.0 Å². The fraction of sp³-hybridized carbons (Fsp3) is 0.550. The minimum absolute atomic E-state index is 0.0911. The van der Waals surface area contributed by atoms with E-state index in [4.69, 9.17) is 4.74 Å². The lowest BCUT2D eigenvalue weighted by atomic mass is 10.0. The number of alkyl carbamates (subject to hydrolysis) is 1. The Balaban J connectivity index is 2.68. The molecule has 2 amide bonds. The summed E-state index contributed by atoms with van der Waals surface area (Å²) in [6, 6.07) is 7.35. The van der Waals surface area contributed by atoms with Crippen molar-refractivity contribution in [2.24, 2.45) is 11.8 Å². The van der Waals surface area contributed by atoms with Crippen LogP contribution in [0, 0.1) is 11.8 Å². The molecule has 0 heterocycles. The SMILES string of the molecule is CC(C)C[C@@H](NC(=O)[C@@H](CC(C)C)NC(=O)OCc1ccccc1)C(=O)O. The first-order valence-corrected chi connectivity index (χ1v) is 9.19. The second kappa shape index (κ2) is 11.2. The lowest BCUT2D eigenvalue weighted by molar-refractivity contribution is -0.142. The van der Waals surface area contributed by atoms with E-state index in [1.165, 1.54) is 0 Å². The second-order valence-electron chi connectivity index (χ2n) is 7.42. The van der Waals surface area contributed by atoms with Gasteiger partial charge in [0.2, 0.25) is 5.91 Å². The van der Waals surface area contributed by atoms with Crippen molar-refractivity contribution in [1.29, 1.82) is 0 Å². The fourth-order valence-corrected chi connectivity index (χ4v) is 2.58. The molecule has 0 spiro atoms. The molecule has 0 unspecified atom stereocenters. The van der Waals surface area contributed by atoms with Gasteiger partial charge in [-0.1, -0.05) is 58.0 Å². The number of amides is 2.